The van der Waals surface area contributed by atoms with Crippen LogP contribution in [-0.2, 0) is 0 Å². The first kappa shape index (κ1) is 14.3. The minimum atomic E-state index is -0.0994. The van der Waals surface area contributed by atoms with E-state index in [-0.39, 0.29) is 11.5 Å². The zero-order chi connectivity index (χ0) is 15.1. The van der Waals surface area contributed by atoms with Gasteiger partial charge in [0.15, 0.2) is 0 Å². The molecule has 4 aliphatic rings. The Hall–Kier alpha value is -0.300. The molecule has 0 aromatic heterocycles. The largest absolute Gasteiger partial charge is 0.393 e. The minimum absolute atomic E-state index is 0.0949. The van der Waals surface area contributed by atoms with Crippen LogP contribution in [0.4, 0.5) is 0 Å². The van der Waals surface area contributed by atoms with Gasteiger partial charge in [-0.3, -0.25) is 0 Å². The van der Waals surface area contributed by atoms with Crippen LogP contribution >= 0.6 is 0 Å². The van der Waals surface area contributed by atoms with Gasteiger partial charge >= 0.3 is 0 Å². The molecule has 4 aliphatic carbocycles. The molecule has 21 heavy (non-hydrogen) atoms. The fraction of sp³-hybridized carbons (Fsp3) is 0.900. The number of allylic oxidation sites excluding steroid dienone is 2. The molecule has 1 N–H and O–H groups in total. The molecule has 0 aliphatic heterocycles. The number of aliphatic hydroxyl groups excluding tert-OH is 1. The zero-order valence-corrected chi connectivity index (χ0v) is 14.3. The summed E-state index contributed by atoms with van der Waals surface area (Å²) in [5.74, 6) is 1.55. The smallest absolute Gasteiger partial charge is 0.0594 e. The van der Waals surface area contributed by atoms with E-state index in [1.54, 1.807) is 0 Å². The molecule has 1 nitrogen and oxygen atoms in total. The van der Waals surface area contributed by atoms with Gasteiger partial charge in [0.05, 0.1) is 6.10 Å². The third-order valence-corrected chi connectivity index (χ3v) is 8.45. The minimum Gasteiger partial charge on any atom is -0.393 e. The maximum absolute atomic E-state index is 10.5. The average Bonchev–Trinajstić information content (AvgIpc) is 2.65. The summed E-state index contributed by atoms with van der Waals surface area (Å²) in [7, 11) is 0. The molecule has 3 fully saturated rings. The van der Waals surface area contributed by atoms with Gasteiger partial charge in [-0.1, -0.05) is 39.8 Å². The van der Waals surface area contributed by atoms with Crippen LogP contribution in [0.1, 0.15) is 72.6 Å². The summed E-state index contributed by atoms with van der Waals surface area (Å²) in [5, 5.41) is 10.5. The van der Waals surface area contributed by atoms with E-state index >= 15 is 0 Å². The van der Waals surface area contributed by atoms with Crippen LogP contribution in [0.5, 0.6) is 0 Å². The lowest BCUT2D eigenvalue weighted by atomic mass is 9.40. The van der Waals surface area contributed by atoms with Crippen molar-refractivity contribution in [3.63, 3.8) is 0 Å². The number of aliphatic hydroxyl groups is 1. The average molecular weight is 288 g/mol. The summed E-state index contributed by atoms with van der Waals surface area (Å²) in [5.41, 5.74) is 1.52. The van der Waals surface area contributed by atoms with Crippen LogP contribution in [0.25, 0.3) is 0 Å². The van der Waals surface area contributed by atoms with Gasteiger partial charge in [0.25, 0.3) is 0 Å². The van der Waals surface area contributed by atoms with Gasteiger partial charge in [-0.25, -0.2) is 0 Å². The van der Waals surface area contributed by atoms with Crippen LogP contribution in [0.15, 0.2) is 12.2 Å². The Labute approximate surface area is 130 Å². The molecular formula is C20H32O. The molecule has 4 rings (SSSR count). The van der Waals surface area contributed by atoms with Crippen LogP contribution in [0, 0.1) is 33.5 Å². The number of fused-ring (bicyclic) bond motifs is 3. The van der Waals surface area contributed by atoms with Crippen LogP contribution in [0.2, 0.25) is 0 Å². The van der Waals surface area contributed by atoms with Crippen molar-refractivity contribution in [1.29, 1.82) is 0 Å². The lowest BCUT2D eigenvalue weighted by molar-refractivity contribution is -0.176. The summed E-state index contributed by atoms with van der Waals surface area (Å²) < 4.78 is 0. The van der Waals surface area contributed by atoms with Gasteiger partial charge in [0.1, 0.15) is 0 Å². The van der Waals surface area contributed by atoms with Crippen molar-refractivity contribution in [3.05, 3.63) is 12.2 Å². The summed E-state index contributed by atoms with van der Waals surface area (Å²) in [6, 6.07) is 0. The van der Waals surface area contributed by atoms with E-state index in [0.717, 1.165) is 12.3 Å². The van der Waals surface area contributed by atoms with Crippen LogP contribution in [-0.4, -0.2) is 11.2 Å². The van der Waals surface area contributed by atoms with Gasteiger partial charge in [-0.15, -0.1) is 0 Å². The van der Waals surface area contributed by atoms with Gasteiger partial charge < -0.3 is 5.11 Å². The van der Waals surface area contributed by atoms with E-state index < -0.39 is 0 Å². The maximum Gasteiger partial charge on any atom is 0.0594 e. The maximum atomic E-state index is 10.5. The van der Waals surface area contributed by atoms with E-state index in [1.165, 1.54) is 38.5 Å². The van der Waals surface area contributed by atoms with Gasteiger partial charge in [-0.05, 0) is 78.4 Å². The Morgan fingerprint density at radius 2 is 1.57 bits per heavy atom. The molecule has 2 bridgehead atoms. The highest BCUT2D eigenvalue weighted by Gasteiger charge is 2.64. The number of rotatable bonds is 0. The Bertz CT molecular complexity index is 492. The lowest BCUT2D eigenvalue weighted by Gasteiger charge is -2.65. The first-order valence-corrected chi connectivity index (χ1v) is 9.10. The molecule has 0 aromatic rings. The predicted octanol–water partition coefficient (Wildman–Crippen LogP) is 4.95. The second-order valence-electron chi connectivity index (χ2n) is 9.96. The standard InChI is InChI=1S/C20H32O/c1-17(2)14-6-10-20-12-11-18(3,13-20)8-5-15(20)19(14,4)9-7-16(17)21/h11-12,14-16,21H,5-10,13H2,1-4H3/t14-,15-,16+,18-,19-,20+/m1/s1. The molecule has 0 amide bonds. The number of hydrogen-bond donors (Lipinski definition) is 1. The Morgan fingerprint density at radius 1 is 0.857 bits per heavy atom. The second-order valence-corrected chi connectivity index (χ2v) is 9.96. The first-order chi connectivity index (χ1) is 9.72. The normalized spacial score (nSPS) is 57.7. The summed E-state index contributed by atoms with van der Waals surface area (Å²) in [4.78, 5) is 0. The molecule has 1 heteroatoms. The first-order valence-electron chi connectivity index (χ1n) is 9.10. The van der Waals surface area contributed by atoms with Crippen LogP contribution in [0.3, 0.4) is 0 Å². The molecule has 3 saturated carbocycles. The van der Waals surface area contributed by atoms with Crippen molar-refractivity contribution < 1.29 is 5.11 Å². The monoisotopic (exact) mass is 288 g/mol. The third kappa shape index (κ3) is 1.68. The van der Waals surface area contributed by atoms with Crippen molar-refractivity contribution in [2.24, 2.45) is 33.5 Å². The number of hydrogen-bond acceptors (Lipinski definition) is 1. The van der Waals surface area contributed by atoms with Gasteiger partial charge in [-0.2, -0.15) is 0 Å². The zero-order valence-electron chi connectivity index (χ0n) is 14.3. The van der Waals surface area contributed by atoms with Crippen molar-refractivity contribution in [1.82, 2.24) is 0 Å². The molecule has 6 atom stereocenters. The van der Waals surface area contributed by atoms with Crippen molar-refractivity contribution >= 4 is 0 Å². The molecular weight excluding hydrogens is 256 g/mol. The SMILES string of the molecule is CC1(C)[C@H]2CC[C@@]34C=C[C@@](C)(CC[C@@H]3[C@]2(C)CC[C@@H]1O)C4. The van der Waals surface area contributed by atoms with Gasteiger partial charge in [0, 0.05) is 0 Å². The molecule has 0 radical (unpaired) electrons. The molecule has 0 heterocycles. The predicted molar refractivity (Wildman–Crippen MR) is 86.9 cm³/mol. The summed E-state index contributed by atoms with van der Waals surface area (Å²) >= 11 is 0. The summed E-state index contributed by atoms with van der Waals surface area (Å²) in [6.07, 6.45) is 14.2. The molecule has 118 valence electrons. The lowest BCUT2D eigenvalue weighted by Crippen LogP contribution is -2.59. The Morgan fingerprint density at radius 3 is 2.33 bits per heavy atom. The highest BCUT2D eigenvalue weighted by Crippen LogP contribution is 2.71. The van der Waals surface area contributed by atoms with E-state index in [1.807, 2.05) is 0 Å². The van der Waals surface area contributed by atoms with Crippen molar-refractivity contribution in [2.75, 3.05) is 0 Å². The molecule has 1 spiro atoms. The van der Waals surface area contributed by atoms with Crippen molar-refractivity contribution in [3.8, 4) is 0 Å². The highest BCUT2D eigenvalue weighted by molar-refractivity contribution is 5.25. The third-order valence-electron chi connectivity index (χ3n) is 8.45. The second kappa shape index (κ2) is 3.96. The molecule has 0 unspecified atom stereocenters. The van der Waals surface area contributed by atoms with Gasteiger partial charge in [0.2, 0.25) is 0 Å². The van der Waals surface area contributed by atoms with E-state index in [2.05, 4.69) is 39.8 Å². The van der Waals surface area contributed by atoms with E-state index in [4.69, 9.17) is 0 Å². The quantitative estimate of drug-likeness (QED) is 0.626. The fourth-order valence-corrected chi connectivity index (χ4v) is 7.35. The van der Waals surface area contributed by atoms with Crippen LogP contribution < -0.4 is 0 Å². The van der Waals surface area contributed by atoms with E-state index in [9.17, 15) is 5.11 Å². The highest BCUT2D eigenvalue weighted by atomic mass is 16.3. The topological polar surface area (TPSA) is 20.2 Å². The fourth-order valence-electron chi connectivity index (χ4n) is 7.35. The Balaban J connectivity index is 1.74. The van der Waals surface area contributed by atoms with E-state index in [0.29, 0.717) is 22.2 Å². The van der Waals surface area contributed by atoms with Crippen molar-refractivity contribution in [2.45, 2.75) is 78.7 Å². The molecule has 0 aromatic carbocycles. The Kier molecular flexibility index (Phi) is 2.70. The summed E-state index contributed by atoms with van der Waals surface area (Å²) in [6.45, 7) is 9.70. The molecule has 0 saturated heterocycles.